The third-order valence-corrected chi connectivity index (χ3v) is 6.29. The predicted octanol–water partition coefficient (Wildman–Crippen LogP) is 5.58. The molecule has 0 aromatic heterocycles. The van der Waals surface area contributed by atoms with E-state index < -0.39 is 0 Å². The minimum Gasteiger partial charge on any atom is -0.508 e. The molecule has 2 aliphatic carbocycles. The van der Waals surface area contributed by atoms with Gasteiger partial charge in [0.2, 0.25) is 0 Å². The van der Waals surface area contributed by atoms with Crippen LogP contribution in [-0.4, -0.2) is 12.2 Å². The van der Waals surface area contributed by atoms with E-state index in [9.17, 15) is 5.11 Å². The molecular formula is C22H30O2. The molecule has 1 N–H and O–H groups in total. The molecule has 0 bridgehead atoms. The van der Waals surface area contributed by atoms with E-state index in [1.165, 1.54) is 31.2 Å². The number of hydrogen-bond donors (Lipinski definition) is 1. The molecule has 0 amide bonds. The van der Waals surface area contributed by atoms with Crippen LogP contribution in [0.15, 0.2) is 48.3 Å². The Morgan fingerprint density at radius 3 is 2.38 bits per heavy atom. The number of phenols is 1. The van der Waals surface area contributed by atoms with Crippen molar-refractivity contribution in [1.29, 1.82) is 0 Å². The van der Waals surface area contributed by atoms with Crippen molar-refractivity contribution in [2.24, 2.45) is 17.8 Å². The lowest BCUT2D eigenvalue weighted by atomic mass is 9.58. The molecule has 0 heterocycles. The summed E-state index contributed by atoms with van der Waals surface area (Å²) in [6.45, 7) is 4.70. The third kappa shape index (κ3) is 3.24. The van der Waals surface area contributed by atoms with Crippen LogP contribution in [0.5, 0.6) is 5.75 Å². The molecule has 130 valence electrons. The van der Waals surface area contributed by atoms with Gasteiger partial charge in [-0.15, -0.1) is 0 Å². The first kappa shape index (κ1) is 17.1. The number of phenolic OH excluding ortho intramolecular Hbond substituents is 1. The van der Waals surface area contributed by atoms with Gasteiger partial charge < -0.3 is 9.84 Å². The van der Waals surface area contributed by atoms with Crippen LogP contribution in [0.25, 0.3) is 0 Å². The fourth-order valence-corrected chi connectivity index (χ4v) is 4.66. The highest BCUT2D eigenvalue weighted by Gasteiger charge is 2.43. The zero-order valence-corrected chi connectivity index (χ0v) is 15.2. The van der Waals surface area contributed by atoms with Gasteiger partial charge in [0.1, 0.15) is 11.5 Å². The maximum absolute atomic E-state index is 9.70. The first-order valence-corrected chi connectivity index (χ1v) is 9.27. The van der Waals surface area contributed by atoms with E-state index in [4.69, 9.17) is 4.74 Å². The van der Waals surface area contributed by atoms with E-state index in [0.717, 1.165) is 24.0 Å². The molecule has 0 spiro atoms. The summed E-state index contributed by atoms with van der Waals surface area (Å²) in [5.74, 6) is 3.39. The summed E-state index contributed by atoms with van der Waals surface area (Å²) in [7, 11) is 1.75. The Hall–Kier alpha value is -1.70. The molecule has 3 rings (SSSR count). The molecule has 1 aromatic carbocycles. The number of ether oxygens (including phenoxy) is 1. The quantitative estimate of drug-likeness (QED) is 0.782. The summed E-state index contributed by atoms with van der Waals surface area (Å²) in [6.07, 6.45) is 12.7. The van der Waals surface area contributed by atoms with Gasteiger partial charge in [-0.1, -0.05) is 32.1 Å². The van der Waals surface area contributed by atoms with Crippen LogP contribution < -0.4 is 0 Å². The SMILES string of the molecule is COC1=CC([C@]2(c3ccc(O)cc3)CC[C@@H](C(C)C)CC2)CC=C1. The summed E-state index contributed by atoms with van der Waals surface area (Å²) in [4.78, 5) is 0. The van der Waals surface area contributed by atoms with Gasteiger partial charge in [-0.25, -0.2) is 0 Å². The van der Waals surface area contributed by atoms with E-state index in [-0.39, 0.29) is 5.41 Å². The fraction of sp³-hybridized carbons (Fsp3) is 0.545. The Bertz CT molecular complexity index is 601. The van der Waals surface area contributed by atoms with Crippen molar-refractivity contribution in [1.82, 2.24) is 0 Å². The summed E-state index contributed by atoms with van der Waals surface area (Å²) < 4.78 is 5.51. The molecule has 0 radical (unpaired) electrons. The van der Waals surface area contributed by atoms with Crippen molar-refractivity contribution in [2.75, 3.05) is 7.11 Å². The Kier molecular flexibility index (Phi) is 5.03. The zero-order chi connectivity index (χ0) is 17.2. The van der Waals surface area contributed by atoms with Crippen LogP contribution in [0.4, 0.5) is 0 Å². The zero-order valence-electron chi connectivity index (χ0n) is 15.2. The molecule has 1 unspecified atom stereocenters. The Balaban J connectivity index is 1.94. The van der Waals surface area contributed by atoms with Crippen LogP contribution in [0.2, 0.25) is 0 Å². The summed E-state index contributed by atoms with van der Waals surface area (Å²) in [6, 6.07) is 7.93. The van der Waals surface area contributed by atoms with Crippen LogP contribution >= 0.6 is 0 Å². The Morgan fingerprint density at radius 2 is 1.79 bits per heavy atom. The normalized spacial score (nSPS) is 30.2. The number of rotatable bonds is 4. The average molecular weight is 326 g/mol. The molecule has 2 nitrogen and oxygen atoms in total. The maximum Gasteiger partial charge on any atom is 0.115 e. The largest absolute Gasteiger partial charge is 0.508 e. The number of methoxy groups -OCH3 is 1. The van der Waals surface area contributed by atoms with Crippen LogP contribution in [0.3, 0.4) is 0 Å². The molecule has 24 heavy (non-hydrogen) atoms. The smallest absolute Gasteiger partial charge is 0.115 e. The summed E-state index contributed by atoms with van der Waals surface area (Å²) in [5.41, 5.74) is 1.53. The van der Waals surface area contributed by atoms with Gasteiger partial charge in [0.25, 0.3) is 0 Å². The van der Waals surface area contributed by atoms with Gasteiger partial charge >= 0.3 is 0 Å². The Labute approximate surface area is 146 Å². The topological polar surface area (TPSA) is 29.5 Å². The molecule has 2 aliphatic rings. The van der Waals surface area contributed by atoms with Crippen molar-refractivity contribution in [3.8, 4) is 5.75 Å². The standard InChI is InChI=1S/C22H30O2/c1-16(2)17-11-13-22(14-12-17,18-7-9-20(23)10-8-18)19-5-4-6-21(15-19)24-3/h4,6-10,15-17,19,23H,5,11-14H2,1-3H3/t17-,19?,22-. The lowest BCUT2D eigenvalue weighted by Gasteiger charge is -2.46. The summed E-state index contributed by atoms with van der Waals surface area (Å²) >= 11 is 0. The molecule has 1 atom stereocenters. The minimum absolute atomic E-state index is 0.160. The van der Waals surface area contributed by atoms with E-state index in [1.807, 2.05) is 12.1 Å². The van der Waals surface area contributed by atoms with Crippen molar-refractivity contribution in [3.05, 3.63) is 53.8 Å². The van der Waals surface area contributed by atoms with E-state index >= 15 is 0 Å². The van der Waals surface area contributed by atoms with Crippen LogP contribution in [0.1, 0.15) is 51.5 Å². The molecule has 1 saturated carbocycles. The molecule has 1 fully saturated rings. The van der Waals surface area contributed by atoms with Gasteiger partial charge in [-0.05, 0) is 79.7 Å². The number of benzene rings is 1. The van der Waals surface area contributed by atoms with Crippen molar-refractivity contribution < 1.29 is 9.84 Å². The lowest BCUT2D eigenvalue weighted by Crippen LogP contribution is -2.39. The van der Waals surface area contributed by atoms with E-state index in [2.05, 4.69) is 44.2 Å². The van der Waals surface area contributed by atoms with Crippen LogP contribution in [-0.2, 0) is 10.2 Å². The highest BCUT2D eigenvalue weighted by atomic mass is 16.5. The lowest BCUT2D eigenvalue weighted by molar-refractivity contribution is 0.151. The van der Waals surface area contributed by atoms with Gasteiger partial charge in [0, 0.05) is 5.41 Å². The van der Waals surface area contributed by atoms with Crippen molar-refractivity contribution in [2.45, 2.75) is 51.4 Å². The highest BCUT2D eigenvalue weighted by Crippen LogP contribution is 2.50. The molecule has 2 heteroatoms. The average Bonchev–Trinajstić information content (AvgIpc) is 2.62. The number of allylic oxidation sites excluding steroid dienone is 3. The van der Waals surface area contributed by atoms with Gasteiger partial charge in [0.15, 0.2) is 0 Å². The molecule has 0 saturated heterocycles. The monoisotopic (exact) mass is 326 g/mol. The second-order valence-corrected chi connectivity index (χ2v) is 7.80. The minimum atomic E-state index is 0.160. The van der Waals surface area contributed by atoms with Gasteiger partial charge in [0.05, 0.1) is 7.11 Å². The molecule has 0 aliphatic heterocycles. The van der Waals surface area contributed by atoms with Crippen molar-refractivity contribution >= 4 is 0 Å². The third-order valence-electron chi connectivity index (χ3n) is 6.29. The first-order chi connectivity index (χ1) is 11.5. The molecule has 1 aromatic rings. The second-order valence-electron chi connectivity index (χ2n) is 7.80. The predicted molar refractivity (Wildman–Crippen MR) is 98.9 cm³/mol. The van der Waals surface area contributed by atoms with E-state index in [0.29, 0.717) is 11.7 Å². The first-order valence-electron chi connectivity index (χ1n) is 9.27. The van der Waals surface area contributed by atoms with Crippen LogP contribution in [0, 0.1) is 17.8 Å². The number of aromatic hydroxyl groups is 1. The second kappa shape index (κ2) is 7.04. The van der Waals surface area contributed by atoms with Gasteiger partial charge in [-0.2, -0.15) is 0 Å². The van der Waals surface area contributed by atoms with Crippen molar-refractivity contribution in [3.63, 3.8) is 0 Å². The van der Waals surface area contributed by atoms with Gasteiger partial charge in [-0.3, -0.25) is 0 Å². The number of hydrogen-bond acceptors (Lipinski definition) is 2. The fourth-order valence-electron chi connectivity index (χ4n) is 4.66. The molecular weight excluding hydrogens is 296 g/mol. The summed E-state index contributed by atoms with van der Waals surface area (Å²) in [5, 5.41) is 9.70. The maximum atomic E-state index is 9.70. The highest BCUT2D eigenvalue weighted by molar-refractivity contribution is 5.36. The van der Waals surface area contributed by atoms with E-state index in [1.54, 1.807) is 7.11 Å². The Morgan fingerprint density at radius 1 is 1.12 bits per heavy atom.